The van der Waals surface area contributed by atoms with Gasteiger partial charge in [-0.3, -0.25) is 0 Å². The standard InChI is InChI=1S/C55H37N5O/c1-55(2)45-21-11-9-18-40(45)41-30-28-37(33-46(41)55)34-24-26-36(27-25-34)54-56-47-22-13-20-43(50(47)61-54)53-58-51(35-14-5-3-6-15-35)57-52(59-53)38-29-31-49-44(32-38)42-19-10-12-23-48(42)60(49)39-16-7-4-8-17-39/h3-33H,1-2H3. The minimum absolute atomic E-state index is 0.0588. The second-order valence-electron chi connectivity index (χ2n) is 16.3. The SMILES string of the molecule is CC1(C)c2ccccc2-c2ccc(-c3ccc(-c4nc5cccc(-c6nc(-c7ccccc7)nc(-c7ccc8c(c7)c7ccccc7n8-c7ccccc7)n6)c5o4)cc3)cc21. The largest absolute Gasteiger partial charge is 0.435 e. The summed E-state index contributed by atoms with van der Waals surface area (Å²) in [6.07, 6.45) is 0. The lowest BCUT2D eigenvalue weighted by atomic mass is 9.81. The van der Waals surface area contributed by atoms with E-state index in [9.17, 15) is 0 Å². The van der Waals surface area contributed by atoms with Gasteiger partial charge in [0, 0.05) is 38.6 Å². The smallest absolute Gasteiger partial charge is 0.227 e. The molecule has 0 spiro atoms. The average molecular weight is 784 g/mol. The predicted octanol–water partition coefficient (Wildman–Crippen LogP) is 13.8. The number of para-hydroxylation sites is 3. The van der Waals surface area contributed by atoms with Crippen molar-refractivity contribution in [3.05, 3.63) is 199 Å². The van der Waals surface area contributed by atoms with Crippen molar-refractivity contribution < 1.29 is 4.42 Å². The fourth-order valence-electron chi connectivity index (χ4n) is 9.25. The molecule has 11 aromatic rings. The molecule has 0 aliphatic heterocycles. The van der Waals surface area contributed by atoms with E-state index in [0.29, 0.717) is 28.9 Å². The van der Waals surface area contributed by atoms with Crippen LogP contribution in [0.4, 0.5) is 0 Å². The number of oxazole rings is 1. The zero-order valence-electron chi connectivity index (χ0n) is 33.5. The van der Waals surface area contributed by atoms with Gasteiger partial charge in [-0.05, 0) is 100 Å². The Balaban J connectivity index is 0.937. The van der Waals surface area contributed by atoms with Crippen molar-refractivity contribution in [2.24, 2.45) is 0 Å². The molecule has 3 aromatic heterocycles. The molecule has 6 heteroatoms. The maximum Gasteiger partial charge on any atom is 0.227 e. The molecule has 0 bridgehead atoms. The van der Waals surface area contributed by atoms with Crippen LogP contribution in [-0.2, 0) is 5.41 Å². The summed E-state index contributed by atoms with van der Waals surface area (Å²) in [7, 11) is 0. The first kappa shape index (κ1) is 35.0. The van der Waals surface area contributed by atoms with E-state index < -0.39 is 0 Å². The van der Waals surface area contributed by atoms with Gasteiger partial charge in [0.25, 0.3) is 0 Å². The lowest BCUT2D eigenvalue weighted by Crippen LogP contribution is -2.14. The number of rotatable bonds is 6. The summed E-state index contributed by atoms with van der Waals surface area (Å²) >= 11 is 0. The van der Waals surface area contributed by atoms with E-state index >= 15 is 0 Å². The van der Waals surface area contributed by atoms with Gasteiger partial charge in [0.15, 0.2) is 23.1 Å². The van der Waals surface area contributed by atoms with Crippen LogP contribution in [0, 0.1) is 0 Å². The van der Waals surface area contributed by atoms with E-state index in [4.69, 9.17) is 24.4 Å². The van der Waals surface area contributed by atoms with Crippen molar-refractivity contribution in [3.63, 3.8) is 0 Å². The molecule has 0 radical (unpaired) electrons. The molecule has 1 aliphatic carbocycles. The fourth-order valence-corrected chi connectivity index (χ4v) is 9.25. The van der Waals surface area contributed by atoms with Gasteiger partial charge >= 0.3 is 0 Å². The molecular weight excluding hydrogens is 747 g/mol. The molecule has 0 N–H and O–H groups in total. The molecule has 0 unspecified atom stereocenters. The summed E-state index contributed by atoms with van der Waals surface area (Å²) in [5.74, 6) is 2.21. The lowest BCUT2D eigenvalue weighted by molar-refractivity contribution is 0.620. The molecule has 0 saturated heterocycles. The predicted molar refractivity (Wildman–Crippen MR) is 246 cm³/mol. The van der Waals surface area contributed by atoms with Crippen LogP contribution >= 0.6 is 0 Å². The molecule has 0 amide bonds. The van der Waals surface area contributed by atoms with Crippen molar-refractivity contribution in [3.8, 4) is 73.6 Å². The quantitative estimate of drug-likeness (QED) is 0.168. The Hall–Kier alpha value is -7.96. The van der Waals surface area contributed by atoms with Crippen LogP contribution in [-0.4, -0.2) is 24.5 Å². The highest BCUT2D eigenvalue weighted by molar-refractivity contribution is 6.10. The minimum Gasteiger partial charge on any atom is -0.435 e. The molecule has 3 heterocycles. The van der Waals surface area contributed by atoms with E-state index in [0.717, 1.165) is 60.8 Å². The molecule has 12 rings (SSSR count). The summed E-state index contributed by atoms with van der Waals surface area (Å²) in [6, 6.07) is 65.6. The van der Waals surface area contributed by atoms with Gasteiger partial charge in [0.05, 0.1) is 16.6 Å². The van der Waals surface area contributed by atoms with E-state index in [1.807, 2.05) is 54.6 Å². The molecule has 6 nitrogen and oxygen atoms in total. The normalized spacial score (nSPS) is 12.9. The Morgan fingerprint density at radius 2 is 1.03 bits per heavy atom. The van der Waals surface area contributed by atoms with E-state index in [-0.39, 0.29) is 5.41 Å². The summed E-state index contributed by atoms with van der Waals surface area (Å²) < 4.78 is 8.95. The van der Waals surface area contributed by atoms with Gasteiger partial charge in [0.1, 0.15) is 5.52 Å². The Bertz CT molecular complexity index is 3490. The van der Waals surface area contributed by atoms with Gasteiger partial charge in [-0.25, -0.2) is 19.9 Å². The highest BCUT2D eigenvalue weighted by Crippen LogP contribution is 2.49. The molecule has 61 heavy (non-hydrogen) atoms. The van der Waals surface area contributed by atoms with E-state index in [2.05, 4.69) is 152 Å². The number of hydrogen-bond acceptors (Lipinski definition) is 5. The van der Waals surface area contributed by atoms with Gasteiger partial charge in [-0.2, -0.15) is 0 Å². The fraction of sp³-hybridized carbons (Fsp3) is 0.0545. The topological polar surface area (TPSA) is 69.6 Å². The van der Waals surface area contributed by atoms with Crippen LogP contribution in [0.2, 0.25) is 0 Å². The van der Waals surface area contributed by atoms with Gasteiger partial charge in [-0.1, -0.05) is 135 Å². The zero-order chi connectivity index (χ0) is 40.7. The molecule has 0 atom stereocenters. The maximum absolute atomic E-state index is 6.64. The summed E-state index contributed by atoms with van der Waals surface area (Å²) in [5.41, 5.74) is 15.8. The molecule has 8 aromatic carbocycles. The van der Waals surface area contributed by atoms with Crippen molar-refractivity contribution in [2.75, 3.05) is 0 Å². The van der Waals surface area contributed by atoms with E-state index in [1.165, 1.54) is 27.8 Å². The van der Waals surface area contributed by atoms with E-state index in [1.54, 1.807) is 0 Å². The number of benzene rings is 8. The highest BCUT2D eigenvalue weighted by atomic mass is 16.3. The zero-order valence-corrected chi connectivity index (χ0v) is 33.5. The van der Waals surface area contributed by atoms with Crippen LogP contribution in [0.15, 0.2) is 192 Å². The summed E-state index contributed by atoms with van der Waals surface area (Å²) in [6.45, 7) is 4.64. The number of nitrogens with zero attached hydrogens (tertiary/aromatic N) is 5. The first-order valence-electron chi connectivity index (χ1n) is 20.6. The van der Waals surface area contributed by atoms with Crippen molar-refractivity contribution in [1.82, 2.24) is 24.5 Å². The third-order valence-electron chi connectivity index (χ3n) is 12.3. The minimum atomic E-state index is -0.0588. The van der Waals surface area contributed by atoms with Crippen LogP contribution in [0.5, 0.6) is 0 Å². The van der Waals surface area contributed by atoms with Gasteiger partial charge in [-0.15, -0.1) is 0 Å². The molecule has 0 fully saturated rings. The van der Waals surface area contributed by atoms with Gasteiger partial charge < -0.3 is 8.98 Å². The maximum atomic E-state index is 6.64. The third-order valence-corrected chi connectivity index (χ3v) is 12.3. The van der Waals surface area contributed by atoms with Crippen LogP contribution in [0.3, 0.4) is 0 Å². The Morgan fingerprint density at radius 1 is 0.410 bits per heavy atom. The van der Waals surface area contributed by atoms with Crippen molar-refractivity contribution in [1.29, 1.82) is 0 Å². The molecule has 1 aliphatic rings. The second kappa shape index (κ2) is 13.5. The second-order valence-corrected chi connectivity index (χ2v) is 16.3. The number of aromatic nitrogens is 5. The first-order valence-corrected chi connectivity index (χ1v) is 20.6. The monoisotopic (exact) mass is 783 g/mol. The average Bonchev–Trinajstić information content (AvgIpc) is 3.98. The van der Waals surface area contributed by atoms with Crippen LogP contribution in [0.25, 0.3) is 106 Å². The summed E-state index contributed by atoms with van der Waals surface area (Å²) in [4.78, 5) is 20.3. The molecular formula is C55H37N5O. The number of hydrogen-bond donors (Lipinski definition) is 0. The van der Waals surface area contributed by atoms with Gasteiger partial charge in [0.2, 0.25) is 5.89 Å². The van der Waals surface area contributed by atoms with Crippen molar-refractivity contribution >= 4 is 32.9 Å². The Labute approximate surface area is 352 Å². The lowest BCUT2D eigenvalue weighted by Gasteiger charge is -2.22. The Morgan fingerprint density at radius 3 is 1.87 bits per heavy atom. The van der Waals surface area contributed by atoms with Crippen LogP contribution < -0.4 is 0 Å². The third kappa shape index (κ3) is 5.64. The van der Waals surface area contributed by atoms with Crippen LogP contribution in [0.1, 0.15) is 25.0 Å². The Kier molecular flexibility index (Phi) is 7.78. The summed E-state index contributed by atoms with van der Waals surface area (Å²) in [5, 5.41) is 2.29. The highest BCUT2D eigenvalue weighted by Gasteiger charge is 2.35. The molecule has 288 valence electrons. The molecule has 0 saturated carbocycles. The van der Waals surface area contributed by atoms with Crippen molar-refractivity contribution in [2.45, 2.75) is 19.3 Å². The first-order chi connectivity index (χ1) is 30.0. The number of fused-ring (bicyclic) bond motifs is 7.